The Labute approximate surface area is 91.5 Å². The number of hydrogen-bond donors (Lipinski definition) is 1. The Hall–Kier alpha value is -1.31. The van der Waals surface area contributed by atoms with Crippen molar-refractivity contribution in [1.29, 1.82) is 0 Å². The van der Waals surface area contributed by atoms with Gasteiger partial charge in [-0.2, -0.15) is 0 Å². The highest BCUT2D eigenvalue weighted by atomic mass is 16.1. The Balaban J connectivity index is 3.01. The third kappa shape index (κ3) is 2.58. The van der Waals surface area contributed by atoms with Crippen molar-refractivity contribution < 1.29 is 4.79 Å². The summed E-state index contributed by atoms with van der Waals surface area (Å²) in [5.74, 6) is 0.643. The van der Waals surface area contributed by atoms with Gasteiger partial charge in [-0.3, -0.25) is 4.79 Å². The van der Waals surface area contributed by atoms with Gasteiger partial charge in [-0.05, 0) is 36.6 Å². The van der Waals surface area contributed by atoms with Crippen molar-refractivity contribution in [2.45, 2.75) is 27.7 Å². The Kier molecular flexibility index (Phi) is 3.51. The van der Waals surface area contributed by atoms with Gasteiger partial charge in [0.2, 0.25) is 0 Å². The Morgan fingerprint density at radius 1 is 1.27 bits per heavy atom. The highest BCUT2D eigenvalue weighted by molar-refractivity contribution is 5.99. The number of carbonyl (C=O) groups excluding carboxylic acids is 1. The Bertz CT molecular complexity index is 369. The van der Waals surface area contributed by atoms with Crippen LogP contribution in [0, 0.1) is 18.8 Å². The average molecular weight is 205 g/mol. The minimum absolute atomic E-state index is 0.0623. The van der Waals surface area contributed by atoms with E-state index in [0.29, 0.717) is 11.6 Å². The van der Waals surface area contributed by atoms with E-state index in [1.807, 2.05) is 26.0 Å². The predicted octanol–water partition coefficient (Wildman–Crippen LogP) is 3.05. The first-order valence-electron chi connectivity index (χ1n) is 5.33. The average Bonchev–Trinajstić information content (AvgIpc) is 2.15. The van der Waals surface area contributed by atoms with E-state index in [-0.39, 0.29) is 11.7 Å². The number of nitrogens with two attached hydrogens (primary N) is 1. The molecule has 0 aliphatic heterocycles. The zero-order valence-corrected chi connectivity index (χ0v) is 9.87. The van der Waals surface area contributed by atoms with E-state index in [4.69, 9.17) is 5.73 Å². The molecular formula is C13H19NO. The van der Waals surface area contributed by atoms with Crippen molar-refractivity contribution in [2.75, 3.05) is 5.73 Å². The van der Waals surface area contributed by atoms with Crippen LogP contribution in [0.1, 0.15) is 36.7 Å². The fraction of sp³-hybridized carbons (Fsp3) is 0.462. The second-order valence-corrected chi connectivity index (χ2v) is 4.47. The monoisotopic (exact) mass is 205 g/mol. The molecule has 82 valence electrons. The third-order valence-electron chi connectivity index (χ3n) is 2.93. The van der Waals surface area contributed by atoms with E-state index in [2.05, 4.69) is 13.8 Å². The van der Waals surface area contributed by atoms with Gasteiger partial charge in [-0.25, -0.2) is 0 Å². The minimum Gasteiger partial charge on any atom is -0.399 e. The molecule has 1 aromatic carbocycles. The summed E-state index contributed by atoms with van der Waals surface area (Å²) < 4.78 is 0. The zero-order valence-electron chi connectivity index (χ0n) is 9.87. The highest BCUT2D eigenvalue weighted by Gasteiger charge is 2.19. The third-order valence-corrected chi connectivity index (χ3v) is 2.93. The first-order chi connectivity index (χ1) is 6.93. The summed E-state index contributed by atoms with van der Waals surface area (Å²) in [5, 5.41) is 0. The second-order valence-electron chi connectivity index (χ2n) is 4.47. The first-order valence-corrected chi connectivity index (χ1v) is 5.33. The van der Waals surface area contributed by atoms with Crippen LogP contribution in [0.5, 0.6) is 0 Å². The molecule has 2 N–H and O–H groups in total. The molecule has 0 saturated carbocycles. The van der Waals surface area contributed by atoms with Crippen molar-refractivity contribution in [1.82, 2.24) is 0 Å². The van der Waals surface area contributed by atoms with Gasteiger partial charge in [0, 0.05) is 17.2 Å². The summed E-state index contributed by atoms with van der Waals surface area (Å²) in [6.45, 7) is 8.03. The fourth-order valence-corrected chi connectivity index (χ4v) is 1.51. The summed E-state index contributed by atoms with van der Waals surface area (Å²) in [7, 11) is 0. The van der Waals surface area contributed by atoms with E-state index < -0.39 is 0 Å². The quantitative estimate of drug-likeness (QED) is 0.608. The molecule has 1 unspecified atom stereocenters. The molecule has 0 aliphatic rings. The lowest BCUT2D eigenvalue weighted by Gasteiger charge is -2.15. The molecule has 2 nitrogen and oxygen atoms in total. The van der Waals surface area contributed by atoms with Crippen LogP contribution in [0.15, 0.2) is 18.2 Å². The number of rotatable bonds is 3. The van der Waals surface area contributed by atoms with Gasteiger partial charge in [-0.1, -0.05) is 20.8 Å². The summed E-state index contributed by atoms with van der Waals surface area (Å²) >= 11 is 0. The van der Waals surface area contributed by atoms with E-state index >= 15 is 0 Å². The Morgan fingerprint density at radius 2 is 1.87 bits per heavy atom. The molecule has 0 saturated heterocycles. The molecule has 1 aromatic rings. The van der Waals surface area contributed by atoms with Gasteiger partial charge in [-0.15, -0.1) is 0 Å². The van der Waals surface area contributed by atoms with Gasteiger partial charge in [0.05, 0.1) is 0 Å². The summed E-state index contributed by atoms with van der Waals surface area (Å²) in [6.07, 6.45) is 0. The molecule has 1 rings (SSSR count). The molecule has 0 aromatic heterocycles. The second kappa shape index (κ2) is 4.47. The fourth-order valence-electron chi connectivity index (χ4n) is 1.51. The SMILES string of the molecule is Cc1cc(N)ccc1C(=O)C(C)C(C)C. The van der Waals surface area contributed by atoms with Crippen molar-refractivity contribution >= 4 is 11.5 Å². The molecule has 0 aliphatic carbocycles. The lowest BCUT2D eigenvalue weighted by molar-refractivity contribution is 0.0899. The maximum Gasteiger partial charge on any atom is 0.166 e. The topological polar surface area (TPSA) is 43.1 Å². The van der Waals surface area contributed by atoms with Crippen molar-refractivity contribution in [3.8, 4) is 0 Å². The standard InChI is InChI=1S/C13H19NO/c1-8(2)10(4)13(15)12-6-5-11(14)7-9(12)3/h5-8,10H,14H2,1-4H3. The van der Waals surface area contributed by atoms with Gasteiger partial charge >= 0.3 is 0 Å². The smallest absolute Gasteiger partial charge is 0.166 e. The van der Waals surface area contributed by atoms with E-state index in [0.717, 1.165) is 11.1 Å². The lowest BCUT2D eigenvalue weighted by Crippen LogP contribution is -2.18. The number of ketones is 1. The van der Waals surface area contributed by atoms with Crippen LogP contribution in [0.25, 0.3) is 0 Å². The van der Waals surface area contributed by atoms with Crippen LogP contribution in [0.2, 0.25) is 0 Å². The predicted molar refractivity (Wildman–Crippen MR) is 63.9 cm³/mol. The maximum atomic E-state index is 12.1. The molecule has 0 spiro atoms. The number of nitrogen functional groups attached to an aromatic ring is 1. The van der Waals surface area contributed by atoms with Crippen molar-refractivity contribution in [3.63, 3.8) is 0 Å². The van der Waals surface area contributed by atoms with Crippen LogP contribution >= 0.6 is 0 Å². The number of aryl methyl sites for hydroxylation is 1. The largest absolute Gasteiger partial charge is 0.399 e. The minimum atomic E-state index is 0.0623. The van der Waals surface area contributed by atoms with Crippen LogP contribution in [0.3, 0.4) is 0 Å². The lowest BCUT2D eigenvalue weighted by atomic mass is 9.88. The van der Waals surface area contributed by atoms with Crippen LogP contribution < -0.4 is 5.73 Å². The highest BCUT2D eigenvalue weighted by Crippen LogP contribution is 2.20. The molecule has 0 amide bonds. The van der Waals surface area contributed by atoms with E-state index in [9.17, 15) is 4.79 Å². The Morgan fingerprint density at radius 3 is 2.33 bits per heavy atom. The van der Waals surface area contributed by atoms with E-state index in [1.165, 1.54) is 0 Å². The molecule has 0 fully saturated rings. The van der Waals surface area contributed by atoms with Crippen molar-refractivity contribution in [3.05, 3.63) is 29.3 Å². The number of Topliss-reactive ketones (excluding diaryl/α,β-unsaturated/α-hetero) is 1. The van der Waals surface area contributed by atoms with Crippen LogP contribution in [-0.2, 0) is 0 Å². The molecule has 0 heterocycles. The summed E-state index contributed by atoms with van der Waals surface area (Å²) in [6, 6.07) is 5.46. The number of benzene rings is 1. The van der Waals surface area contributed by atoms with Crippen LogP contribution in [0.4, 0.5) is 5.69 Å². The van der Waals surface area contributed by atoms with Crippen LogP contribution in [-0.4, -0.2) is 5.78 Å². The molecule has 2 heteroatoms. The van der Waals surface area contributed by atoms with Gasteiger partial charge in [0.25, 0.3) is 0 Å². The number of carbonyl (C=O) groups is 1. The van der Waals surface area contributed by atoms with Gasteiger partial charge in [0.15, 0.2) is 5.78 Å². The number of anilines is 1. The normalized spacial score (nSPS) is 12.9. The molecular weight excluding hydrogens is 186 g/mol. The summed E-state index contributed by atoms with van der Waals surface area (Å²) in [4.78, 5) is 12.1. The molecule has 0 radical (unpaired) electrons. The van der Waals surface area contributed by atoms with Gasteiger partial charge in [0.1, 0.15) is 0 Å². The van der Waals surface area contributed by atoms with Gasteiger partial charge < -0.3 is 5.73 Å². The summed E-state index contributed by atoms with van der Waals surface area (Å²) in [5.41, 5.74) is 8.12. The maximum absolute atomic E-state index is 12.1. The molecule has 0 bridgehead atoms. The van der Waals surface area contributed by atoms with Crippen molar-refractivity contribution in [2.24, 2.45) is 11.8 Å². The molecule has 1 atom stereocenters. The molecule has 15 heavy (non-hydrogen) atoms. The first kappa shape index (κ1) is 11.8. The number of hydrogen-bond acceptors (Lipinski definition) is 2. The van der Waals surface area contributed by atoms with E-state index in [1.54, 1.807) is 6.07 Å². The zero-order chi connectivity index (χ0) is 11.6.